The van der Waals surface area contributed by atoms with E-state index in [-0.39, 0.29) is 5.56 Å². The molecule has 0 spiro atoms. The third kappa shape index (κ3) is 2.08. The second-order valence-corrected chi connectivity index (χ2v) is 4.09. The highest BCUT2D eigenvalue weighted by Gasteiger charge is 2.05. The van der Waals surface area contributed by atoms with E-state index in [4.69, 9.17) is 4.74 Å². The quantitative estimate of drug-likeness (QED) is 0.704. The van der Waals surface area contributed by atoms with Crippen LogP contribution in [0.15, 0.2) is 47.8 Å². The Morgan fingerprint density at radius 2 is 2.26 bits per heavy atom. The van der Waals surface area contributed by atoms with Crippen LogP contribution in [-0.2, 0) is 6.67 Å². The summed E-state index contributed by atoms with van der Waals surface area (Å²) < 4.78 is 8.30. The first-order valence-corrected chi connectivity index (χ1v) is 5.78. The lowest BCUT2D eigenvalue weighted by Gasteiger charge is -2.07. The van der Waals surface area contributed by atoms with Crippen molar-refractivity contribution in [3.05, 3.63) is 53.3 Å². The highest BCUT2D eigenvalue weighted by atomic mass is 16.5. The SMILES string of the molecule is COc1ccc2c(=O)n(Cn3cccn3)cnc2c1. The highest BCUT2D eigenvalue weighted by Crippen LogP contribution is 2.15. The van der Waals surface area contributed by atoms with Crippen LogP contribution in [-0.4, -0.2) is 26.4 Å². The van der Waals surface area contributed by atoms with Crippen molar-refractivity contribution < 1.29 is 4.74 Å². The molecule has 0 radical (unpaired) electrons. The Labute approximate surface area is 108 Å². The number of benzene rings is 1. The molecule has 0 aliphatic rings. The minimum absolute atomic E-state index is 0.0943. The van der Waals surface area contributed by atoms with E-state index in [9.17, 15) is 4.79 Å². The van der Waals surface area contributed by atoms with E-state index in [1.54, 1.807) is 42.4 Å². The molecule has 6 nitrogen and oxygen atoms in total. The van der Waals surface area contributed by atoms with Crippen molar-refractivity contribution in [2.24, 2.45) is 0 Å². The van der Waals surface area contributed by atoms with E-state index in [0.717, 1.165) is 0 Å². The summed E-state index contributed by atoms with van der Waals surface area (Å²) in [6, 6.07) is 7.03. The van der Waals surface area contributed by atoms with Gasteiger partial charge in [0.15, 0.2) is 0 Å². The summed E-state index contributed by atoms with van der Waals surface area (Å²) in [5.41, 5.74) is 0.532. The number of methoxy groups -OCH3 is 1. The number of hydrogen-bond acceptors (Lipinski definition) is 4. The number of nitrogens with zero attached hydrogens (tertiary/aromatic N) is 4. The standard InChI is InChI=1S/C13H12N4O2/c1-19-10-3-4-11-12(7-10)14-8-16(13(11)18)9-17-6-2-5-15-17/h2-8H,9H2,1H3. The van der Waals surface area contributed by atoms with Crippen LogP contribution in [0.3, 0.4) is 0 Å². The maximum absolute atomic E-state index is 12.3. The highest BCUT2D eigenvalue weighted by molar-refractivity contribution is 5.78. The molecule has 0 amide bonds. The topological polar surface area (TPSA) is 61.9 Å². The average Bonchev–Trinajstić information content (AvgIpc) is 2.94. The zero-order chi connectivity index (χ0) is 13.2. The van der Waals surface area contributed by atoms with Gasteiger partial charge in [-0.05, 0) is 18.2 Å². The second kappa shape index (κ2) is 4.56. The summed E-state index contributed by atoms with van der Waals surface area (Å²) >= 11 is 0. The van der Waals surface area contributed by atoms with Crippen molar-refractivity contribution in [2.75, 3.05) is 7.11 Å². The van der Waals surface area contributed by atoms with Crippen LogP contribution >= 0.6 is 0 Å². The van der Waals surface area contributed by atoms with Gasteiger partial charge in [0.1, 0.15) is 12.4 Å². The summed E-state index contributed by atoms with van der Waals surface area (Å²) in [7, 11) is 1.58. The van der Waals surface area contributed by atoms with Gasteiger partial charge in [-0.25, -0.2) is 4.98 Å². The van der Waals surface area contributed by atoms with Crippen molar-refractivity contribution in [1.82, 2.24) is 19.3 Å². The molecule has 3 aromatic rings. The summed E-state index contributed by atoms with van der Waals surface area (Å²) in [5, 5.41) is 4.63. The van der Waals surface area contributed by atoms with Crippen LogP contribution in [0.1, 0.15) is 0 Å². The van der Waals surface area contributed by atoms with Gasteiger partial charge in [0.25, 0.3) is 5.56 Å². The van der Waals surface area contributed by atoms with E-state index in [2.05, 4.69) is 10.1 Å². The number of aromatic nitrogens is 4. The van der Waals surface area contributed by atoms with Gasteiger partial charge in [-0.1, -0.05) is 0 Å². The van der Waals surface area contributed by atoms with Gasteiger partial charge in [-0.15, -0.1) is 0 Å². The molecule has 0 aliphatic carbocycles. The van der Waals surface area contributed by atoms with Gasteiger partial charge in [-0.3, -0.25) is 14.0 Å². The number of rotatable bonds is 3. The monoisotopic (exact) mass is 256 g/mol. The molecular formula is C13H12N4O2. The van der Waals surface area contributed by atoms with Gasteiger partial charge in [0, 0.05) is 18.5 Å². The van der Waals surface area contributed by atoms with Gasteiger partial charge in [-0.2, -0.15) is 5.10 Å². The molecule has 19 heavy (non-hydrogen) atoms. The Kier molecular flexibility index (Phi) is 2.75. The first-order valence-electron chi connectivity index (χ1n) is 5.78. The van der Waals surface area contributed by atoms with E-state index in [1.165, 1.54) is 10.9 Å². The van der Waals surface area contributed by atoms with Crippen LogP contribution in [0.5, 0.6) is 5.75 Å². The number of fused-ring (bicyclic) bond motifs is 1. The Morgan fingerprint density at radius 3 is 3.00 bits per heavy atom. The zero-order valence-electron chi connectivity index (χ0n) is 10.4. The lowest BCUT2D eigenvalue weighted by atomic mass is 10.2. The first-order chi connectivity index (χ1) is 9.28. The summed E-state index contributed by atoms with van der Waals surface area (Å²) in [6.45, 7) is 0.348. The zero-order valence-corrected chi connectivity index (χ0v) is 10.4. The first kappa shape index (κ1) is 11.5. The lowest BCUT2D eigenvalue weighted by molar-refractivity contribution is 0.415. The van der Waals surface area contributed by atoms with Gasteiger partial charge in [0.2, 0.25) is 0 Å². The summed E-state index contributed by atoms with van der Waals surface area (Å²) in [4.78, 5) is 16.6. The number of hydrogen-bond donors (Lipinski definition) is 0. The van der Waals surface area contributed by atoms with Crippen LogP contribution < -0.4 is 10.3 Å². The average molecular weight is 256 g/mol. The van der Waals surface area contributed by atoms with E-state index >= 15 is 0 Å². The third-order valence-corrected chi connectivity index (χ3v) is 2.89. The molecule has 2 aromatic heterocycles. The molecule has 96 valence electrons. The lowest BCUT2D eigenvalue weighted by Crippen LogP contribution is -2.24. The van der Waals surface area contributed by atoms with E-state index in [1.807, 2.05) is 6.07 Å². The van der Waals surface area contributed by atoms with E-state index < -0.39 is 0 Å². The van der Waals surface area contributed by atoms with Crippen molar-refractivity contribution in [1.29, 1.82) is 0 Å². The fourth-order valence-corrected chi connectivity index (χ4v) is 1.91. The van der Waals surface area contributed by atoms with Gasteiger partial charge >= 0.3 is 0 Å². The molecule has 0 N–H and O–H groups in total. The molecule has 0 saturated carbocycles. The van der Waals surface area contributed by atoms with Crippen LogP contribution in [0, 0.1) is 0 Å². The Morgan fingerprint density at radius 1 is 1.37 bits per heavy atom. The maximum Gasteiger partial charge on any atom is 0.262 e. The van der Waals surface area contributed by atoms with Crippen molar-refractivity contribution in [2.45, 2.75) is 6.67 Å². The molecule has 0 bridgehead atoms. The molecule has 0 unspecified atom stereocenters. The van der Waals surface area contributed by atoms with Crippen LogP contribution in [0.4, 0.5) is 0 Å². The molecule has 0 aliphatic heterocycles. The predicted molar refractivity (Wildman–Crippen MR) is 70.2 cm³/mol. The Balaban J connectivity index is 2.08. The normalized spacial score (nSPS) is 10.8. The van der Waals surface area contributed by atoms with Gasteiger partial charge in [0.05, 0.1) is 24.3 Å². The predicted octanol–water partition coefficient (Wildman–Crippen LogP) is 1.11. The summed E-state index contributed by atoms with van der Waals surface area (Å²) in [5.74, 6) is 0.684. The largest absolute Gasteiger partial charge is 0.497 e. The Hall–Kier alpha value is -2.63. The third-order valence-electron chi connectivity index (χ3n) is 2.89. The smallest absolute Gasteiger partial charge is 0.262 e. The fraction of sp³-hybridized carbons (Fsp3) is 0.154. The molecule has 6 heteroatoms. The fourth-order valence-electron chi connectivity index (χ4n) is 1.91. The van der Waals surface area contributed by atoms with Crippen molar-refractivity contribution in [3.8, 4) is 5.75 Å². The number of ether oxygens (including phenoxy) is 1. The maximum atomic E-state index is 12.3. The Bertz CT molecular complexity index is 762. The van der Waals surface area contributed by atoms with Crippen molar-refractivity contribution in [3.63, 3.8) is 0 Å². The van der Waals surface area contributed by atoms with E-state index in [0.29, 0.717) is 23.3 Å². The minimum atomic E-state index is -0.0943. The molecule has 2 heterocycles. The summed E-state index contributed by atoms with van der Waals surface area (Å²) in [6.07, 6.45) is 4.99. The second-order valence-electron chi connectivity index (χ2n) is 4.09. The molecule has 1 aromatic carbocycles. The minimum Gasteiger partial charge on any atom is -0.497 e. The van der Waals surface area contributed by atoms with Gasteiger partial charge < -0.3 is 4.74 Å². The van der Waals surface area contributed by atoms with Crippen molar-refractivity contribution >= 4 is 10.9 Å². The molecule has 0 fully saturated rings. The molecule has 0 saturated heterocycles. The molecule has 0 atom stereocenters. The van der Waals surface area contributed by atoms with Crippen LogP contribution in [0.2, 0.25) is 0 Å². The van der Waals surface area contributed by atoms with Crippen LogP contribution in [0.25, 0.3) is 10.9 Å². The molecular weight excluding hydrogens is 244 g/mol. The molecule has 3 rings (SSSR count).